The van der Waals surface area contributed by atoms with Crippen LogP contribution in [0.25, 0.3) is 0 Å². The van der Waals surface area contributed by atoms with Crippen molar-refractivity contribution in [3.63, 3.8) is 0 Å². The molecule has 1 fully saturated rings. The number of benzene rings is 1. The first-order valence-corrected chi connectivity index (χ1v) is 7.18. The molecule has 104 valence electrons. The molecule has 0 radical (unpaired) electrons. The summed E-state index contributed by atoms with van der Waals surface area (Å²) in [5.74, 6) is 0. The molecule has 0 aromatic heterocycles. The van der Waals surface area contributed by atoms with Crippen molar-refractivity contribution >= 4 is 27.3 Å². The minimum atomic E-state index is -0.348. The predicted octanol–water partition coefficient (Wildman–Crippen LogP) is 3.16. The Balaban J connectivity index is 2.10. The van der Waals surface area contributed by atoms with Gasteiger partial charge in [0.1, 0.15) is 5.69 Å². The van der Waals surface area contributed by atoms with Gasteiger partial charge in [0.15, 0.2) is 0 Å². The molecule has 1 aliphatic heterocycles. The van der Waals surface area contributed by atoms with E-state index in [-0.39, 0.29) is 16.0 Å². The minimum absolute atomic E-state index is 0.126. The maximum atomic E-state index is 11.0. The van der Waals surface area contributed by atoms with Crippen LogP contribution in [-0.2, 0) is 0 Å². The number of nitro groups is 1. The van der Waals surface area contributed by atoms with Gasteiger partial charge >= 0.3 is 0 Å². The standard InChI is InChI=1S/C13H18BrN3O2/c1-13(4-6-15-7-5-13)9-16-11-8-10(14)2-3-12(11)17(18)19/h2-3,8,15-16H,4-7,9H2,1H3. The van der Waals surface area contributed by atoms with Crippen molar-refractivity contribution in [1.29, 1.82) is 0 Å². The van der Waals surface area contributed by atoms with Crippen LogP contribution >= 0.6 is 15.9 Å². The molecule has 1 aromatic carbocycles. The summed E-state index contributed by atoms with van der Waals surface area (Å²) in [5, 5.41) is 17.6. The first-order chi connectivity index (χ1) is 9.00. The second-order valence-electron chi connectivity index (χ2n) is 5.33. The van der Waals surface area contributed by atoms with Gasteiger partial charge in [-0.2, -0.15) is 0 Å². The minimum Gasteiger partial charge on any atom is -0.379 e. The molecule has 0 atom stereocenters. The summed E-state index contributed by atoms with van der Waals surface area (Å²) in [7, 11) is 0. The second-order valence-corrected chi connectivity index (χ2v) is 6.25. The van der Waals surface area contributed by atoms with Crippen LogP contribution < -0.4 is 10.6 Å². The highest BCUT2D eigenvalue weighted by atomic mass is 79.9. The lowest BCUT2D eigenvalue weighted by Gasteiger charge is -2.34. The summed E-state index contributed by atoms with van der Waals surface area (Å²) in [6, 6.07) is 4.98. The highest BCUT2D eigenvalue weighted by Crippen LogP contribution is 2.32. The van der Waals surface area contributed by atoms with Gasteiger partial charge in [-0.25, -0.2) is 0 Å². The molecule has 1 saturated heterocycles. The maximum Gasteiger partial charge on any atom is 0.292 e. The van der Waals surface area contributed by atoms with Gasteiger partial charge in [0.2, 0.25) is 0 Å². The molecule has 1 aromatic rings. The van der Waals surface area contributed by atoms with Crippen molar-refractivity contribution in [1.82, 2.24) is 5.32 Å². The third kappa shape index (κ3) is 3.67. The van der Waals surface area contributed by atoms with Crippen LogP contribution in [0.15, 0.2) is 22.7 Å². The predicted molar refractivity (Wildman–Crippen MR) is 79.5 cm³/mol. The van der Waals surface area contributed by atoms with Gasteiger partial charge in [-0.05, 0) is 43.5 Å². The number of anilines is 1. The monoisotopic (exact) mass is 327 g/mol. The average Bonchev–Trinajstić information content (AvgIpc) is 2.37. The molecule has 0 amide bonds. The molecule has 6 heteroatoms. The van der Waals surface area contributed by atoms with Crippen LogP contribution in [0.4, 0.5) is 11.4 Å². The molecule has 2 N–H and O–H groups in total. The van der Waals surface area contributed by atoms with Gasteiger partial charge in [-0.15, -0.1) is 0 Å². The van der Waals surface area contributed by atoms with Gasteiger partial charge in [-0.3, -0.25) is 10.1 Å². The van der Waals surface area contributed by atoms with Crippen LogP contribution in [0.5, 0.6) is 0 Å². The van der Waals surface area contributed by atoms with E-state index in [9.17, 15) is 10.1 Å². The van der Waals surface area contributed by atoms with Crippen molar-refractivity contribution in [2.75, 3.05) is 25.0 Å². The zero-order valence-corrected chi connectivity index (χ0v) is 12.5. The number of piperidine rings is 1. The molecule has 0 aliphatic carbocycles. The number of nitro benzene ring substituents is 1. The van der Waals surface area contributed by atoms with Gasteiger partial charge < -0.3 is 10.6 Å². The van der Waals surface area contributed by atoms with Gasteiger partial charge in [-0.1, -0.05) is 22.9 Å². The number of rotatable bonds is 4. The molecule has 5 nitrogen and oxygen atoms in total. The Hall–Kier alpha value is -1.14. The summed E-state index contributed by atoms with van der Waals surface area (Å²) < 4.78 is 0.844. The highest BCUT2D eigenvalue weighted by molar-refractivity contribution is 9.10. The Bertz CT molecular complexity index is 473. The largest absolute Gasteiger partial charge is 0.379 e. The number of hydrogen-bond donors (Lipinski definition) is 2. The normalized spacial score (nSPS) is 18.0. The van der Waals surface area contributed by atoms with Gasteiger partial charge in [0.05, 0.1) is 4.92 Å². The molecular weight excluding hydrogens is 310 g/mol. The van der Waals surface area contributed by atoms with E-state index in [0.717, 1.165) is 36.9 Å². The average molecular weight is 328 g/mol. The highest BCUT2D eigenvalue weighted by Gasteiger charge is 2.27. The third-order valence-corrected chi connectivity index (χ3v) is 4.16. The smallest absolute Gasteiger partial charge is 0.292 e. The number of nitrogens with zero attached hydrogens (tertiary/aromatic N) is 1. The lowest BCUT2D eigenvalue weighted by molar-refractivity contribution is -0.384. The van der Waals surface area contributed by atoms with E-state index in [2.05, 4.69) is 33.5 Å². The second kappa shape index (κ2) is 5.88. The van der Waals surface area contributed by atoms with E-state index in [0.29, 0.717) is 5.69 Å². The molecule has 0 unspecified atom stereocenters. The molecule has 19 heavy (non-hydrogen) atoms. The van der Waals surface area contributed by atoms with Crippen molar-refractivity contribution in [3.05, 3.63) is 32.8 Å². The topological polar surface area (TPSA) is 67.2 Å². The molecule has 0 bridgehead atoms. The summed E-state index contributed by atoms with van der Waals surface area (Å²) in [6.07, 6.45) is 2.17. The summed E-state index contributed by atoms with van der Waals surface area (Å²) in [5.41, 5.74) is 0.904. The Kier molecular flexibility index (Phi) is 4.42. The van der Waals surface area contributed by atoms with Crippen molar-refractivity contribution in [3.8, 4) is 0 Å². The van der Waals surface area contributed by atoms with E-state index in [4.69, 9.17) is 0 Å². The Morgan fingerprint density at radius 3 is 2.79 bits per heavy atom. The van der Waals surface area contributed by atoms with Gasteiger partial charge in [0, 0.05) is 17.1 Å². The summed E-state index contributed by atoms with van der Waals surface area (Å²) in [4.78, 5) is 10.7. The lowest BCUT2D eigenvalue weighted by atomic mass is 9.81. The Morgan fingerprint density at radius 1 is 1.47 bits per heavy atom. The van der Waals surface area contributed by atoms with Crippen molar-refractivity contribution < 1.29 is 4.92 Å². The number of nitrogens with one attached hydrogen (secondary N) is 2. The van der Waals surface area contributed by atoms with Crippen molar-refractivity contribution in [2.24, 2.45) is 5.41 Å². The summed E-state index contributed by atoms with van der Waals surface area (Å²) >= 11 is 3.35. The molecule has 1 aliphatic rings. The molecule has 2 rings (SSSR count). The van der Waals surface area contributed by atoms with Gasteiger partial charge in [0.25, 0.3) is 5.69 Å². The third-order valence-electron chi connectivity index (χ3n) is 3.67. The fraction of sp³-hybridized carbons (Fsp3) is 0.538. The molecule has 1 heterocycles. The van der Waals surface area contributed by atoms with Crippen LogP contribution in [0.1, 0.15) is 19.8 Å². The van der Waals surface area contributed by atoms with Crippen LogP contribution in [0.3, 0.4) is 0 Å². The number of hydrogen-bond acceptors (Lipinski definition) is 4. The molecule has 0 spiro atoms. The Morgan fingerprint density at radius 2 is 2.16 bits per heavy atom. The molecular formula is C13H18BrN3O2. The van der Waals surface area contributed by atoms with Crippen LogP contribution in [-0.4, -0.2) is 24.6 Å². The number of halogens is 1. The zero-order chi connectivity index (χ0) is 13.9. The zero-order valence-electron chi connectivity index (χ0n) is 10.9. The Labute approximate surface area is 121 Å². The van der Waals surface area contributed by atoms with E-state index in [1.165, 1.54) is 6.07 Å². The summed E-state index contributed by atoms with van der Waals surface area (Å²) in [6.45, 7) is 5.01. The first-order valence-electron chi connectivity index (χ1n) is 6.39. The van der Waals surface area contributed by atoms with E-state index in [1.807, 2.05) is 0 Å². The maximum absolute atomic E-state index is 11.0. The molecule has 0 saturated carbocycles. The fourth-order valence-corrected chi connectivity index (χ4v) is 2.69. The SMILES string of the molecule is CC1(CNc2cc(Br)ccc2[N+](=O)[O-])CCNCC1. The van der Waals surface area contributed by atoms with E-state index in [1.54, 1.807) is 12.1 Å². The van der Waals surface area contributed by atoms with E-state index >= 15 is 0 Å². The van der Waals surface area contributed by atoms with Crippen LogP contribution in [0, 0.1) is 15.5 Å². The van der Waals surface area contributed by atoms with E-state index < -0.39 is 0 Å². The lowest BCUT2D eigenvalue weighted by Crippen LogP contribution is -2.39. The first kappa shape index (κ1) is 14.3. The van der Waals surface area contributed by atoms with Crippen LogP contribution in [0.2, 0.25) is 0 Å². The fourth-order valence-electron chi connectivity index (χ4n) is 2.32. The quantitative estimate of drug-likeness (QED) is 0.658. The van der Waals surface area contributed by atoms with Crippen molar-refractivity contribution in [2.45, 2.75) is 19.8 Å².